The first-order chi connectivity index (χ1) is 14.1. The second-order valence-electron chi connectivity index (χ2n) is 7.03. The summed E-state index contributed by atoms with van der Waals surface area (Å²) in [6.45, 7) is 2.39. The Hall–Kier alpha value is -2.93. The molecule has 0 saturated carbocycles. The third-order valence-electron chi connectivity index (χ3n) is 5.16. The summed E-state index contributed by atoms with van der Waals surface area (Å²) in [4.78, 5) is 28.3. The summed E-state index contributed by atoms with van der Waals surface area (Å²) in [5.41, 5.74) is 1.59. The van der Waals surface area contributed by atoms with E-state index in [1.54, 1.807) is 27.2 Å². The van der Waals surface area contributed by atoms with Crippen LogP contribution in [0.4, 0.5) is 9.18 Å². The SMILES string of the molecule is O=C(NCCc1csc2ccccc12)N1CCN(C(=O)c2cccc(F)c2)CC1. The lowest BCUT2D eigenvalue weighted by Crippen LogP contribution is -2.53. The van der Waals surface area contributed by atoms with E-state index < -0.39 is 5.82 Å². The average molecular weight is 412 g/mol. The molecule has 1 fully saturated rings. The summed E-state index contributed by atoms with van der Waals surface area (Å²) >= 11 is 1.72. The van der Waals surface area contributed by atoms with Crippen LogP contribution in [0.3, 0.4) is 0 Å². The first-order valence-electron chi connectivity index (χ1n) is 9.64. The third-order valence-corrected chi connectivity index (χ3v) is 6.17. The largest absolute Gasteiger partial charge is 0.338 e. The molecule has 1 saturated heterocycles. The number of nitrogens with one attached hydrogen (secondary N) is 1. The molecule has 1 aromatic heterocycles. The lowest BCUT2D eigenvalue weighted by atomic mass is 10.1. The standard InChI is InChI=1S/C22H22FN3O2S/c23-18-5-3-4-16(14-18)21(27)25-10-12-26(13-11-25)22(28)24-9-8-17-15-29-20-7-2-1-6-19(17)20/h1-7,14-15H,8-13H2,(H,24,28). The van der Waals surface area contributed by atoms with Crippen LogP contribution in [0.25, 0.3) is 10.1 Å². The van der Waals surface area contributed by atoms with E-state index in [-0.39, 0.29) is 11.9 Å². The quantitative estimate of drug-likeness (QED) is 0.711. The number of hydrogen-bond acceptors (Lipinski definition) is 3. The summed E-state index contributed by atoms with van der Waals surface area (Å²) in [6, 6.07) is 13.9. The summed E-state index contributed by atoms with van der Waals surface area (Å²) < 4.78 is 14.6. The average Bonchev–Trinajstić information content (AvgIpc) is 3.16. The van der Waals surface area contributed by atoms with E-state index in [1.165, 1.54) is 33.8 Å². The molecule has 1 aliphatic heterocycles. The van der Waals surface area contributed by atoms with Crippen LogP contribution in [-0.2, 0) is 6.42 Å². The highest BCUT2D eigenvalue weighted by molar-refractivity contribution is 7.17. The van der Waals surface area contributed by atoms with Crippen molar-refractivity contribution < 1.29 is 14.0 Å². The van der Waals surface area contributed by atoms with E-state index in [1.807, 2.05) is 12.1 Å². The van der Waals surface area contributed by atoms with Crippen molar-refractivity contribution in [1.29, 1.82) is 0 Å². The number of thiophene rings is 1. The fraction of sp³-hybridized carbons (Fsp3) is 0.273. The lowest BCUT2D eigenvalue weighted by Gasteiger charge is -2.34. The zero-order valence-electron chi connectivity index (χ0n) is 15.9. The van der Waals surface area contributed by atoms with Crippen molar-refractivity contribution in [1.82, 2.24) is 15.1 Å². The minimum Gasteiger partial charge on any atom is -0.338 e. The van der Waals surface area contributed by atoms with Gasteiger partial charge in [-0.3, -0.25) is 4.79 Å². The van der Waals surface area contributed by atoms with Crippen LogP contribution in [0.1, 0.15) is 15.9 Å². The molecule has 0 atom stereocenters. The molecular weight excluding hydrogens is 389 g/mol. The normalized spacial score (nSPS) is 14.2. The van der Waals surface area contributed by atoms with Crippen molar-refractivity contribution in [2.24, 2.45) is 0 Å². The second kappa shape index (κ2) is 8.61. The maximum Gasteiger partial charge on any atom is 0.317 e. The number of nitrogens with zero attached hydrogens (tertiary/aromatic N) is 2. The molecule has 29 heavy (non-hydrogen) atoms. The molecule has 3 amide bonds. The number of rotatable bonds is 4. The topological polar surface area (TPSA) is 52.7 Å². The molecule has 2 aromatic carbocycles. The number of hydrogen-bond donors (Lipinski definition) is 1. The molecule has 0 spiro atoms. The van der Waals surface area contributed by atoms with Gasteiger partial charge in [-0.05, 0) is 47.0 Å². The second-order valence-corrected chi connectivity index (χ2v) is 7.94. The Kier molecular flexibility index (Phi) is 5.76. The molecular formula is C22H22FN3O2S. The highest BCUT2D eigenvalue weighted by Gasteiger charge is 2.24. The number of carbonyl (C=O) groups is 2. The number of carbonyl (C=O) groups excluding carboxylic acids is 2. The highest BCUT2D eigenvalue weighted by Crippen LogP contribution is 2.25. The maximum absolute atomic E-state index is 13.3. The smallest absolute Gasteiger partial charge is 0.317 e. The van der Waals surface area contributed by atoms with E-state index in [0.29, 0.717) is 38.3 Å². The van der Waals surface area contributed by atoms with Gasteiger partial charge in [-0.15, -0.1) is 11.3 Å². The molecule has 7 heteroatoms. The number of amides is 3. The number of halogens is 1. The monoisotopic (exact) mass is 411 g/mol. The fourth-order valence-corrected chi connectivity index (χ4v) is 4.56. The number of urea groups is 1. The summed E-state index contributed by atoms with van der Waals surface area (Å²) in [6.07, 6.45) is 0.785. The molecule has 2 heterocycles. The van der Waals surface area contributed by atoms with Crippen molar-refractivity contribution in [2.45, 2.75) is 6.42 Å². The first kappa shape index (κ1) is 19.4. The zero-order valence-corrected chi connectivity index (χ0v) is 16.8. The highest BCUT2D eigenvalue weighted by atomic mass is 32.1. The fourth-order valence-electron chi connectivity index (χ4n) is 3.56. The summed E-state index contributed by atoms with van der Waals surface area (Å²) in [7, 11) is 0. The van der Waals surface area contributed by atoms with Crippen molar-refractivity contribution in [2.75, 3.05) is 32.7 Å². The Balaban J connectivity index is 1.25. The van der Waals surface area contributed by atoms with Crippen LogP contribution in [-0.4, -0.2) is 54.5 Å². The van der Waals surface area contributed by atoms with Crippen molar-refractivity contribution in [3.63, 3.8) is 0 Å². The van der Waals surface area contributed by atoms with Gasteiger partial charge in [0, 0.05) is 43.0 Å². The molecule has 5 nitrogen and oxygen atoms in total. The van der Waals surface area contributed by atoms with Gasteiger partial charge in [0.1, 0.15) is 5.82 Å². The predicted molar refractivity (Wildman–Crippen MR) is 113 cm³/mol. The van der Waals surface area contributed by atoms with Gasteiger partial charge in [0.25, 0.3) is 5.91 Å². The van der Waals surface area contributed by atoms with Crippen LogP contribution in [0.5, 0.6) is 0 Å². The summed E-state index contributed by atoms with van der Waals surface area (Å²) in [5, 5.41) is 6.37. The van der Waals surface area contributed by atoms with Crippen LogP contribution in [0.2, 0.25) is 0 Å². The van der Waals surface area contributed by atoms with Gasteiger partial charge >= 0.3 is 6.03 Å². The molecule has 0 unspecified atom stereocenters. The van der Waals surface area contributed by atoms with Crippen LogP contribution in [0.15, 0.2) is 53.9 Å². The van der Waals surface area contributed by atoms with E-state index in [0.717, 1.165) is 6.42 Å². The molecule has 150 valence electrons. The minimum absolute atomic E-state index is 0.109. The zero-order chi connectivity index (χ0) is 20.2. The van der Waals surface area contributed by atoms with Gasteiger partial charge < -0.3 is 15.1 Å². The summed E-state index contributed by atoms with van der Waals surface area (Å²) in [5.74, 6) is -0.624. The molecule has 1 aliphatic rings. The number of benzene rings is 2. The van der Waals surface area contributed by atoms with Crippen molar-refractivity contribution in [3.8, 4) is 0 Å². The van der Waals surface area contributed by atoms with Crippen LogP contribution >= 0.6 is 11.3 Å². The van der Waals surface area contributed by atoms with Crippen molar-refractivity contribution >= 4 is 33.4 Å². The molecule has 0 radical (unpaired) electrons. The number of fused-ring (bicyclic) bond motifs is 1. The Morgan fingerprint density at radius 2 is 1.76 bits per heavy atom. The Morgan fingerprint density at radius 1 is 1.00 bits per heavy atom. The molecule has 3 aromatic rings. The van der Waals surface area contributed by atoms with Crippen molar-refractivity contribution in [3.05, 3.63) is 70.9 Å². The molecule has 0 bridgehead atoms. The number of piperazine rings is 1. The van der Waals surface area contributed by atoms with E-state index in [9.17, 15) is 14.0 Å². The van der Waals surface area contributed by atoms with E-state index in [2.05, 4.69) is 22.8 Å². The van der Waals surface area contributed by atoms with Crippen LogP contribution in [0, 0.1) is 5.82 Å². The van der Waals surface area contributed by atoms with Gasteiger partial charge in [-0.2, -0.15) is 0 Å². The maximum atomic E-state index is 13.3. The van der Waals surface area contributed by atoms with Gasteiger partial charge in [0.05, 0.1) is 0 Å². The Morgan fingerprint density at radius 3 is 2.55 bits per heavy atom. The Bertz CT molecular complexity index is 1030. The van der Waals surface area contributed by atoms with E-state index >= 15 is 0 Å². The first-order valence-corrected chi connectivity index (χ1v) is 10.5. The van der Waals surface area contributed by atoms with Gasteiger partial charge in [-0.25, -0.2) is 9.18 Å². The van der Waals surface area contributed by atoms with Gasteiger partial charge in [-0.1, -0.05) is 24.3 Å². The molecule has 1 N–H and O–H groups in total. The van der Waals surface area contributed by atoms with Crippen LogP contribution < -0.4 is 5.32 Å². The van der Waals surface area contributed by atoms with Gasteiger partial charge in [0.2, 0.25) is 0 Å². The molecule has 4 rings (SSSR count). The third kappa shape index (κ3) is 4.40. The lowest BCUT2D eigenvalue weighted by molar-refractivity contribution is 0.0664. The molecule has 0 aliphatic carbocycles. The Labute approximate surface area is 172 Å². The van der Waals surface area contributed by atoms with E-state index in [4.69, 9.17) is 0 Å². The van der Waals surface area contributed by atoms with Gasteiger partial charge in [0.15, 0.2) is 0 Å². The predicted octanol–water partition coefficient (Wildman–Crippen LogP) is 3.75. The minimum atomic E-state index is -0.424.